The Hall–Kier alpha value is 0.190. The number of hydrogen-bond acceptors (Lipinski definition) is 5. The molecule has 1 saturated carbocycles. The summed E-state index contributed by atoms with van der Waals surface area (Å²) in [7, 11) is 0. The van der Waals surface area contributed by atoms with Gasteiger partial charge in [-0.2, -0.15) is 11.8 Å². The van der Waals surface area contributed by atoms with Crippen molar-refractivity contribution in [3.8, 4) is 0 Å². The van der Waals surface area contributed by atoms with Gasteiger partial charge < -0.3 is 20.4 Å². The first-order chi connectivity index (χ1) is 8.22. The molecule has 0 saturated heterocycles. The molecule has 0 amide bonds. The molecule has 0 heterocycles. The second-order valence-electron chi connectivity index (χ2n) is 4.91. The second kappa shape index (κ2) is 7.59. The van der Waals surface area contributed by atoms with Crippen LogP contribution in [0.3, 0.4) is 0 Å². The van der Waals surface area contributed by atoms with Crippen molar-refractivity contribution in [3.05, 3.63) is 0 Å². The Balaban J connectivity index is 2.60. The van der Waals surface area contributed by atoms with Crippen LogP contribution in [-0.2, 0) is 0 Å². The van der Waals surface area contributed by atoms with Crippen molar-refractivity contribution in [2.24, 2.45) is 11.3 Å². The van der Waals surface area contributed by atoms with Gasteiger partial charge in [-0.1, -0.05) is 0 Å². The third-order valence-corrected chi connectivity index (χ3v) is 5.40. The van der Waals surface area contributed by atoms with Crippen molar-refractivity contribution < 1.29 is 20.4 Å². The highest BCUT2D eigenvalue weighted by molar-refractivity contribution is 8.00. The van der Waals surface area contributed by atoms with E-state index in [1.807, 2.05) is 0 Å². The van der Waals surface area contributed by atoms with Gasteiger partial charge in [0.1, 0.15) is 0 Å². The molecular formula is C12H24O4S. The van der Waals surface area contributed by atoms with Gasteiger partial charge >= 0.3 is 0 Å². The van der Waals surface area contributed by atoms with E-state index in [9.17, 15) is 10.2 Å². The van der Waals surface area contributed by atoms with Crippen LogP contribution < -0.4 is 0 Å². The predicted molar refractivity (Wildman–Crippen MR) is 69.0 cm³/mol. The predicted octanol–water partition coefficient (Wildman–Crippen LogP) is 0.234. The van der Waals surface area contributed by atoms with Gasteiger partial charge in [0.15, 0.2) is 0 Å². The number of hydrogen-bond donors (Lipinski definition) is 4. The van der Waals surface area contributed by atoms with Crippen LogP contribution in [-0.4, -0.2) is 57.9 Å². The molecule has 17 heavy (non-hydrogen) atoms. The first kappa shape index (κ1) is 15.2. The molecule has 1 rings (SSSR count). The first-order valence-corrected chi connectivity index (χ1v) is 7.32. The molecule has 102 valence electrons. The Morgan fingerprint density at radius 1 is 1.12 bits per heavy atom. The summed E-state index contributed by atoms with van der Waals surface area (Å²) in [5.41, 5.74) is -0.236. The molecule has 0 radical (unpaired) electrons. The molecule has 4 N–H and O–H groups in total. The van der Waals surface area contributed by atoms with Crippen LogP contribution >= 0.6 is 11.8 Å². The van der Waals surface area contributed by atoms with E-state index in [0.717, 1.165) is 25.7 Å². The van der Waals surface area contributed by atoms with Crippen LogP contribution in [0, 0.1) is 11.3 Å². The maximum Gasteiger partial charge on any atom is 0.0556 e. The van der Waals surface area contributed by atoms with E-state index in [4.69, 9.17) is 10.2 Å². The van der Waals surface area contributed by atoms with Crippen LogP contribution in [0.2, 0.25) is 0 Å². The molecule has 5 heteroatoms. The molecule has 0 aliphatic heterocycles. The zero-order valence-corrected chi connectivity index (χ0v) is 11.0. The fourth-order valence-corrected chi connectivity index (χ4v) is 3.79. The molecule has 4 nitrogen and oxygen atoms in total. The monoisotopic (exact) mass is 264 g/mol. The molecule has 1 aliphatic carbocycles. The Bertz CT molecular complexity index is 205. The van der Waals surface area contributed by atoms with Gasteiger partial charge in [-0.3, -0.25) is 0 Å². The fraction of sp³-hybridized carbons (Fsp3) is 1.00. The van der Waals surface area contributed by atoms with Gasteiger partial charge in [0, 0.05) is 29.6 Å². The van der Waals surface area contributed by atoms with E-state index in [0.29, 0.717) is 11.7 Å². The summed E-state index contributed by atoms with van der Waals surface area (Å²) in [6, 6.07) is 0. The summed E-state index contributed by atoms with van der Waals surface area (Å²) < 4.78 is 0. The van der Waals surface area contributed by atoms with E-state index in [1.54, 1.807) is 0 Å². The average Bonchev–Trinajstić information content (AvgIpc) is 2.40. The van der Waals surface area contributed by atoms with E-state index in [2.05, 4.69) is 0 Å². The summed E-state index contributed by atoms with van der Waals surface area (Å²) in [5, 5.41) is 37.1. The summed E-state index contributed by atoms with van der Waals surface area (Å²) in [5.74, 6) is 0.938. The van der Waals surface area contributed by atoms with Crippen molar-refractivity contribution in [1.29, 1.82) is 0 Å². The fourth-order valence-electron chi connectivity index (χ4n) is 2.64. The van der Waals surface area contributed by atoms with Crippen LogP contribution in [0.25, 0.3) is 0 Å². The van der Waals surface area contributed by atoms with E-state index in [-0.39, 0.29) is 37.1 Å². The van der Waals surface area contributed by atoms with Crippen LogP contribution in [0.1, 0.15) is 25.7 Å². The highest BCUT2D eigenvalue weighted by Gasteiger charge is 2.41. The van der Waals surface area contributed by atoms with Gasteiger partial charge in [0.2, 0.25) is 0 Å². The van der Waals surface area contributed by atoms with Gasteiger partial charge in [-0.15, -0.1) is 0 Å². The van der Waals surface area contributed by atoms with Crippen molar-refractivity contribution in [2.45, 2.75) is 30.9 Å². The summed E-state index contributed by atoms with van der Waals surface area (Å²) in [4.78, 5) is 0. The average molecular weight is 264 g/mol. The lowest BCUT2D eigenvalue weighted by atomic mass is 9.69. The largest absolute Gasteiger partial charge is 0.396 e. The molecule has 1 unspecified atom stereocenters. The molecule has 0 aromatic rings. The summed E-state index contributed by atoms with van der Waals surface area (Å²) in [6.45, 7) is 0.431. The Morgan fingerprint density at radius 2 is 1.76 bits per heavy atom. The van der Waals surface area contributed by atoms with Crippen molar-refractivity contribution in [1.82, 2.24) is 0 Å². The normalized spacial score (nSPS) is 31.4. The quantitative estimate of drug-likeness (QED) is 0.529. The lowest BCUT2D eigenvalue weighted by Crippen LogP contribution is -2.42. The second-order valence-corrected chi connectivity index (χ2v) is 6.22. The molecule has 0 aromatic heterocycles. The molecule has 0 spiro atoms. The van der Waals surface area contributed by atoms with Gasteiger partial charge in [-0.25, -0.2) is 0 Å². The smallest absolute Gasteiger partial charge is 0.0556 e. The highest BCUT2D eigenvalue weighted by atomic mass is 32.2. The number of thioether (sulfide) groups is 1. The third-order valence-electron chi connectivity index (χ3n) is 3.93. The minimum Gasteiger partial charge on any atom is -0.396 e. The van der Waals surface area contributed by atoms with Crippen LogP contribution in [0.4, 0.5) is 0 Å². The van der Waals surface area contributed by atoms with Crippen molar-refractivity contribution >= 4 is 11.8 Å². The lowest BCUT2D eigenvalue weighted by Gasteiger charge is -2.43. The molecule has 0 aromatic carbocycles. The standard InChI is InChI=1S/C12H24O4S/c13-5-6-17-11(8-15)12(9-16)3-1-10(7-14)2-4-12/h10-11,13-16H,1-9H2. The number of aliphatic hydroxyl groups excluding tert-OH is 4. The zero-order valence-electron chi connectivity index (χ0n) is 10.2. The number of rotatable bonds is 7. The number of aliphatic hydroxyl groups is 4. The van der Waals surface area contributed by atoms with E-state index in [1.165, 1.54) is 11.8 Å². The third kappa shape index (κ3) is 3.83. The van der Waals surface area contributed by atoms with Crippen LogP contribution in [0.5, 0.6) is 0 Å². The molecule has 1 aliphatic rings. The molecule has 0 bridgehead atoms. The molecular weight excluding hydrogens is 240 g/mol. The van der Waals surface area contributed by atoms with Crippen molar-refractivity contribution in [2.75, 3.05) is 32.2 Å². The van der Waals surface area contributed by atoms with E-state index < -0.39 is 0 Å². The molecule has 1 atom stereocenters. The highest BCUT2D eigenvalue weighted by Crippen LogP contribution is 2.45. The Labute approximate surface area is 107 Å². The van der Waals surface area contributed by atoms with Crippen LogP contribution in [0.15, 0.2) is 0 Å². The first-order valence-electron chi connectivity index (χ1n) is 6.27. The van der Waals surface area contributed by atoms with E-state index >= 15 is 0 Å². The topological polar surface area (TPSA) is 80.9 Å². The summed E-state index contributed by atoms with van der Waals surface area (Å²) in [6.07, 6.45) is 3.51. The molecule has 1 fully saturated rings. The van der Waals surface area contributed by atoms with Crippen molar-refractivity contribution in [3.63, 3.8) is 0 Å². The Kier molecular flexibility index (Phi) is 6.80. The SMILES string of the molecule is OCCSC(CO)C1(CO)CCC(CO)CC1. The Morgan fingerprint density at radius 3 is 2.18 bits per heavy atom. The minimum atomic E-state index is -0.236. The maximum absolute atomic E-state index is 9.65. The van der Waals surface area contributed by atoms with Gasteiger partial charge in [0.05, 0.1) is 13.2 Å². The lowest BCUT2D eigenvalue weighted by molar-refractivity contribution is 0.0348. The van der Waals surface area contributed by atoms with Gasteiger partial charge in [0.25, 0.3) is 0 Å². The summed E-state index contributed by atoms with van der Waals surface area (Å²) >= 11 is 1.54. The maximum atomic E-state index is 9.65. The van der Waals surface area contributed by atoms with Gasteiger partial charge in [-0.05, 0) is 31.6 Å². The zero-order chi connectivity index (χ0) is 12.7. The minimum absolute atomic E-state index is 0.0145.